The predicted molar refractivity (Wildman–Crippen MR) is 102 cm³/mol. The highest BCUT2D eigenvalue weighted by Gasteiger charge is 2.26. The molecule has 7 heteroatoms. The molecule has 27 heavy (non-hydrogen) atoms. The first-order valence-electron chi connectivity index (χ1n) is 9.09. The van der Waals surface area contributed by atoms with Gasteiger partial charge in [-0.15, -0.1) is 0 Å². The largest absolute Gasteiger partial charge is 0.495 e. The third kappa shape index (κ3) is 4.68. The number of urea groups is 1. The van der Waals surface area contributed by atoms with Crippen LogP contribution in [-0.4, -0.2) is 43.5 Å². The number of carbonyl (C=O) groups is 2. The fraction of sp³-hybridized carbons (Fsp3) is 0.400. The van der Waals surface area contributed by atoms with E-state index in [0.29, 0.717) is 23.5 Å². The van der Waals surface area contributed by atoms with Gasteiger partial charge in [0, 0.05) is 12.1 Å². The molecule has 0 unspecified atom stereocenters. The zero-order valence-corrected chi connectivity index (χ0v) is 15.7. The SMILES string of the molecule is COc1ccc(C(C)=O)cc1NC(=O)NC[C@@H](c1ccco1)N1CCCC1. The number of rotatable bonds is 7. The number of amides is 2. The van der Waals surface area contributed by atoms with Gasteiger partial charge in [-0.2, -0.15) is 0 Å². The summed E-state index contributed by atoms with van der Waals surface area (Å²) in [4.78, 5) is 26.3. The summed E-state index contributed by atoms with van der Waals surface area (Å²) in [5.41, 5.74) is 0.968. The van der Waals surface area contributed by atoms with Gasteiger partial charge in [0.25, 0.3) is 0 Å². The van der Waals surface area contributed by atoms with Crippen molar-refractivity contribution in [3.8, 4) is 5.75 Å². The number of carbonyl (C=O) groups excluding carboxylic acids is 2. The van der Waals surface area contributed by atoms with Gasteiger partial charge in [-0.3, -0.25) is 9.69 Å². The van der Waals surface area contributed by atoms with Crippen LogP contribution >= 0.6 is 0 Å². The number of likely N-dealkylation sites (tertiary alicyclic amines) is 1. The summed E-state index contributed by atoms with van der Waals surface area (Å²) in [5.74, 6) is 1.26. The van der Waals surface area contributed by atoms with Crippen LogP contribution in [0.4, 0.5) is 10.5 Å². The molecule has 2 amide bonds. The van der Waals surface area contributed by atoms with Crippen LogP contribution in [0.3, 0.4) is 0 Å². The lowest BCUT2D eigenvalue weighted by atomic mass is 10.1. The van der Waals surface area contributed by atoms with Crippen molar-refractivity contribution < 1.29 is 18.7 Å². The molecule has 0 bridgehead atoms. The standard InChI is InChI=1S/C20H25N3O4/c1-14(24)15-7-8-18(26-2)16(12-15)22-20(25)21-13-17(19-6-5-11-27-19)23-9-3-4-10-23/h5-8,11-12,17H,3-4,9-10,13H2,1-2H3,(H2,21,22,25)/t17-/m0/s1. The molecule has 2 aromatic rings. The number of benzene rings is 1. The van der Waals surface area contributed by atoms with E-state index in [2.05, 4.69) is 15.5 Å². The monoisotopic (exact) mass is 371 g/mol. The Kier molecular flexibility index (Phi) is 6.13. The van der Waals surface area contributed by atoms with Gasteiger partial charge in [0.05, 0.1) is 25.1 Å². The molecule has 1 aromatic carbocycles. The van der Waals surface area contributed by atoms with Gasteiger partial charge in [-0.25, -0.2) is 4.79 Å². The number of hydrogen-bond acceptors (Lipinski definition) is 5. The van der Waals surface area contributed by atoms with Gasteiger partial charge in [-0.05, 0) is 63.2 Å². The molecule has 1 atom stereocenters. The first-order valence-corrected chi connectivity index (χ1v) is 9.09. The van der Waals surface area contributed by atoms with Crippen molar-refractivity contribution >= 4 is 17.5 Å². The number of furan rings is 1. The smallest absolute Gasteiger partial charge is 0.319 e. The minimum atomic E-state index is -0.357. The molecule has 2 N–H and O–H groups in total. The Bertz CT molecular complexity index is 783. The predicted octanol–water partition coefficient (Wildman–Crippen LogP) is 3.45. The number of hydrogen-bond donors (Lipinski definition) is 2. The van der Waals surface area contributed by atoms with Gasteiger partial charge in [0.15, 0.2) is 5.78 Å². The van der Waals surface area contributed by atoms with Gasteiger partial charge >= 0.3 is 6.03 Å². The molecule has 0 spiro atoms. The van der Waals surface area contributed by atoms with Crippen molar-refractivity contribution in [1.82, 2.24) is 10.2 Å². The van der Waals surface area contributed by atoms with E-state index < -0.39 is 0 Å². The zero-order chi connectivity index (χ0) is 19.2. The minimum Gasteiger partial charge on any atom is -0.495 e. The van der Waals surface area contributed by atoms with Crippen molar-refractivity contribution in [1.29, 1.82) is 0 Å². The lowest BCUT2D eigenvalue weighted by molar-refractivity contribution is 0.101. The van der Waals surface area contributed by atoms with Crippen LogP contribution in [0, 0.1) is 0 Å². The zero-order valence-electron chi connectivity index (χ0n) is 15.7. The second kappa shape index (κ2) is 8.73. The first-order chi connectivity index (χ1) is 13.1. The Morgan fingerprint density at radius 1 is 1.26 bits per heavy atom. The number of anilines is 1. The molecular formula is C20H25N3O4. The van der Waals surface area contributed by atoms with Crippen molar-refractivity contribution in [2.75, 3.05) is 32.1 Å². The summed E-state index contributed by atoms with van der Waals surface area (Å²) in [6.07, 6.45) is 3.95. The molecule has 1 fully saturated rings. The Hall–Kier alpha value is -2.80. The molecule has 1 aliphatic heterocycles. The Morgan fingerprint density at radius 3 is 2.67 bits per heavy atom. The van der Waals surface area contributed by atoms with Crippen molar-refractivity contribution in [2.45, 2.75) is 25.8 Å². The lowest BCUT2D eigenvalue weighted by Gasteiger charge is -2.26. The van der Waals surface area contributed by atoms with Crippen molar-refractivity contribution in [3.63, 3.8) is 0 Å². The molecule has 2 heterocycles. The van der Waals surface area contributed by atoms with E-state index in [1.54, 1.807) is 24.5 Å². The molecule has 1 aromatic heterocycles. The second-order valence-electron chi connectivity index (χ2n) is 6.58. The number of ketones is 1. The summed E-state index contributed by atoms with van der Waals surface area (Å²) < 4.78 is 10.8. The second-order valence-corrected chi connectivity index (χ2v) is 6.58. The van der Waals surface area contributed by atoms with Gasteiger partial charge in [-0.1, -0.05) is 0 Å². The quantitative estimate of drug-likeness (QED) is 0.729. The van der Waals surface area contributed by atoms with E-state index in [0.717, 1.165) is 31.7 Å². The van der Waals surface area contributed by atoms with Crippen LogP contribution in [0.5, 0.6) is 5.75 Å². The van der Waals surface area contributed by atoms with Crippen LogP contribution in [-0.2, 0) is 0 Å². The molecule has 0 radical (unpaired) electrons. The molecule has 1 saturated heterocycles. The molecule has 1 aliphatic rings. The van der Waals surface area contributed by atoms with E-state index in [-0.39, 0.29) is 17.9 Å². The van der Waals surface area contributed by atoms with E-state index in [1.165, 1.54) is 14.0 Å². The van der Waals surface area contributed by atoms with E-state index in [4.69, 9.17) is 9.15 Å². The maximum Gasteiger partial charge on any atom is 0.319 e. The van der Waals surface area contributed by atoms with Crippen molar-refractivity contribution in [2.24, 2.45) is 0 Å². The number of nitrogens with zero attached hydrogens (tertiary/aromatic N) is 1. The number of nitrogens with one attached hydrogen (secondary N) is 2. The third-order valence-corrected chi connectivity index (χ3v) is 4.76. The normalized spacial score (nSPS) is 15.3. The Labute approximate surface area is 158 Å². The van der Waals surface area contributed by atoms with E-state index >= 15 is 0 Å². The van der Waals surface area contributed by atoms with Crippen LogP contribution in [0.15, 0.2) is 41.0 Å². The molecule has 0 aliphatic carbocycles. The van der Waals surface area contributed by atoms with Crippen LogP contribution in [0.1, 0.15) is 41.9 Å². The summed E-state index contributed by atoms with van der Waals surface area (Å²) in [5, 5.41) is 5.68. The topological polar surface area (TPSA) is 83.8 Å². The fourth-order valence-corrected chi connectivity index (χ4v) is 3.32. The first kappa shape index (κ1) is 19.0. The number of methoxy groups -OCH3 is 1. The minimum absolute atomic E-state index is 0.00120. The fourth-order valence-electron chi connectivity index (χ4n) is 3.32. The highest BCUT2D eigenvalue weighted by Crippen LogP contribution is 2.27. The van der Waals surface area contributed by atoms with Crippen LogP contribution in [0.2, 0.25) is 0 Å². The van der Waals surface area contributed by atoms with Gasteiger partial charge in [0.2, 0.25) is 0 Å². The Morgan fingerprint density at radius 2 is 2.04 bits per heavy atom. The Balaban J connectivity index is 1.66. The molecule has 3 rings (SSSR count). The van der Waals surface area contributed by atoms with Gasteiger partial charge in [0.1, 0.15) is 11.5 Å². The summed E-state index contributed by atoms with van der Waals surface area (Å²) in [6, 6.07) is 8.39. The van der Waals surface area contributed by atoms with Crippen LogP contribution in [0.25, 0.3) is 0 Å². The lowest BCUT2D eigenvalue weighted by Crippen LogP contribution is -2.38. The molecule has 7 nitrogen and oxygen atoms in total. The number of Topliss-reactive ketones (excluding diaryl/α,β-unsaturated/α-hetero) is 1. The molecular weight excluding hydrogens is 346 g/mol. The van der Waals surface area contributed by atoms with Crippen molar-refractivity contribution in [3.05, 3.63) is 47.9 Å². The third-order valence-electron chi connectivity index (χ3n) is 4.76. The highest BCUT2D eigenvalue weighted by atomic mass is 16.5. The maximum atomic E-state index is 12.4. The van der Waals surface area contributed by atoms with E-state index in [1.807, 2.05) is 12.1 Å². The summed E-state index contributed by atoms with van der Waals surface area (Å²) in [7, 11) is 1.52. The maximum absolute atomic E-state index is 12.4. The molecule has 0 saturated carbocycles. The number of ether oxygens (including phenoxy) is 1. The van der Waals surface area contributed by atoms with E-state index in [9.17, 15) is 9.59 Å². The average Bonchev–Trinajstić information content (AvgIpc) is 3.36. The molecule has 144 valence electrons. The van der Waals surface area contributed by atoms with Crippen LogP contribution < -0.4 is 15.4 Å². The summed E-state index contributed by atoms with van der Waals surface area (Å²) in [6.45, 7) is 3.88. The highest BCUT2D eigenvalue weighted by molar-refractivity contribution is 5.97. The van der Waals surface area contributed by atoms with Gasteiger partial charge < -0.3 is 19.8 Å². The summed E-state index contributed by atoms with van der Waals surface area (Å²) >= 11 is 0. The average molecular weight is 371 g/mol.